The molecule has 0 radical (unpaired) electrons. The average Bonchev–Trinajstić information content (AvgIpc) is 3.54. The summed E-state index contributed by atoms with van der Waals surface area (Å²) in [6, 6.07) is 20.4. The molecule has 3 N–H and O–H groups in total. The molecule has 2 fully saturated rings. The number of piperidine rings is 1. The molecule has 4 atom stereocenters. The number of nitrogens with one attached hydrogen (secondary N) is 1. The van der Waals surface area contributed by atoms with Crippen LogP contribution in [-0.4, -0.2) is 44.8 Å². The van der Waals surface area contributed by atoms with Crippen molar-refractivity contribution < 1.29 is 14.9 Å². The van der Waals surface area contributed by atoms with Gasteiger partial charge in [-0.2, -0.15) is 0 Å². The van der Waals surface area contributed by atoms with Gasteiger partial charge in [-0.1, -0.05) is 42.5 Å². The van der Waals surface area contributed by atoms with Crippen LogP contribution >= 0.6 is 12.4 Å². The first-order valence-corrected chi connectivity index (χ1v) is 13.8. The molecule has 9 rings (SSSR count). The van der Waals surface area contributed by atoms with Gasteiger partial charge in [0.15, 0.2) is 6.10 Å². The van der Waals surface area contributed by atoms with Crippen molar-refractivity contribution in [3.8, 4) is 22.6 Å². The highest BCUT2D eigenvalue weighted by atomic mass is 35.5. The molecule has 4 aromatic rings. The number of benzene rings is 3. The van der Waals surface area contributed by atoms with E-state index in [2.05, 4.69) is 46.3 Å². The van der Waals surface area contributed by atoms with E-state index >= 15 is 0 Å². The summed E-state index contributed by atoms with van der Waals surface area (Å²) in [5, 5.41) is 24.5. The number of hydrogen-bond donors (Lipinski definition) is 3. The highest BCUT2D eigenvalue weighted by molar-refractivity contribution is 5.87. The van der Waals surface area contributed by atoms with Crippen molar-refractivity contribution in [2.45, 2.75) is 55.3 Å². The van der Waals surface area contributed by atoms with E-state index in [4.69, 9.17) is 4.74 Å². The van der Waals surface area contributed by atoms with Crippen LogP contribution in [0.25, 0.3) is 22.0 Å². The van der Waals surface area contributed by atoms with Gasteiger partial charge in [-0.05, 0) is 73.0 Å². The molecule has 5 aliphatic rings. The number of hydrogen-bond acceptors (Lipinski definition) is 4. The van der Waals surface area contributed by atoms with E-state index in [1.54, 1.807) is 6.07 Å². The molecule has 38 heavy (non-hydrogen) atoms. The fraction of sp³-hybridized carbons (Fsp3) is 0.375. The molecule has 0 unspecified atom stereocenters. The number of aromatic amines is 1. The number of para-hydroxylation sites is 1. The van der Waals surface area contributed by atoms with E-state index in [-0.39, 0.29) is 30.3 Å². The molecule has 1 saturated heterocycles. The van der Waals surface area contributed by atoms with E-state index in [1.807, 2.05) is 18.2 Å². The molecule has 1 saturated carbocycles. The largest absolute Gasteiger partial charge is 0.508 e. The molecule has 6 heteroatoms. The SMILES string of the molecule is Cl.Oc1cccc(-c2ccc3c4c2O[C@H]2c5[nH]c6ccccc6c5C[C@@]5(O)[C@@H](C3)N(CC3CC3)CC[C@]425)c1. The number of phenolic OH excluding ortho intramolecular Hbond substituents is 1. The summed E-state index contributed by atoms with van der Waals surface area (Å²) in [5.41, 5.74) is 6.55. The monoisotopic (exact) mass is 526 g/mol. The average molecular weight is 527 g/mol. The van der Waals surface area contributed by atoms with Crippen molar-refractivity contribution >= 4 is 23.3 Å². The second kappa shape index (κ2) is 7.56. The fourth-order valence-electron chi connectivity index (χ4n) is 8.49. The number of phenols is 1. The minimum atomic E-state index is -0.904. The zero-order valence-corrected chi connectivity index (χ0v) is 21.9. The molecule has 2 aliphatic heterocycles. The first-order chi connectivity index (χ1) is 18.1. The Kier molecular flexibility index (Phi) is 4.57. The maximum Gasteiger partial charge on any atom is 0.151 e. The Hall–Kier alpha value is -2.99. The summed E-state index contributed by atoms with van der Waals surface area (Å²) < 4.78 is 7.06. The number of H-pyrrole nitrogens is 1. The summed E-state index contributed by atoms with van der Waals surface area (Å²) in [4.78, 5) is 6.35. The first kappa shape index (κ1) is 22.9. The lowest BCUT2D eigenvalue weighted by atomic mass is 9.49. The zero-order chi connectivity index (χ0) is 24.5. The number of rotatable bonds is 3. The molecule has 1 spiro atoms. The smallest absolute Gasteiger partial charge is 0.151 e. The van der Waals surface area contributed by atoms with Crippen molar-refractivity contribution in [2.24, 2.45) is 5.92 Å². The Morgan fingerprint density at radius 3 is 2.76 bits per heavy atom. The number of fused-ring (bicyclic) bond motifs is 4. The lowest BCUT2D eigenvalue weighted by Crippen LogP contribution is -2.74. The molecular weight excluding hydrogens is 496 g/mol. The first-order valence-electron chi connectivity index (χ1n) is 13.8. The van der Waals surface area contributed by atoms with Gasteiger partial charge in [0.25, 0.3) is 0 Å². The highest BCUT2D eigenvalue weighted by Gasteiger charge is 2.72. The molecular formula is C32H31ClN2O3. The van der Waals surface area contributed by atoms with Gasteiger partial charge in [-0.25, -0.2) is 0 Å². The van der Waals surface area contributed by atoms with Crippen LogP contribution in [0.3, 0.4) is 0 Å². The van der Waals surface area contributed by atoms with Crippen molar-refractivity contribution in [2.75, 3.05) is 13.1 Å². The fourth-order valence-corrected chi connectivity index (χ4v) is 8.49. The Bertz CT molecular complexity index is 1630. The van der Waals surface area contributed by atoms with Crippen LogP contribution in [0.15, 0.2) is 60.7 Å². The van der Waals surface area contributed by atoms with E-state index < -0.39 is 11.0 Å². The molecule has 3 heterocycles. The second-order valence-electron chi connectivity index (χ2n) is 12.1. The van der Waals surface area contributed by atoms with Crippen molar-refractivity contribution in [3.05, 3.63) is 83.0 Å². The van der Waals surface area contributed by atoms with Crippen LogP contribution in [0.4, 0.5) is 0 Å². The van der Waals surface area contributed by atoms with Crippen LogP contribution in [0.1, 0.15) is 47.8 Å². The van der Waals surface area contributed by atoms with Gasteiger partial charge in [0.1, 0.15) is 11.5 Å². The molecule has 5 nitrogen and oxygen atoms in total. The van der Waals surface area contributed by atoms with Crippen LogP contribution in [-0.2, 0) is 18.3 Å². The molecule has 194 valence electrons. The number of aromatic nitrogens is 1. The van der Waals surface area contributed by atoms with Crippen LogP contribution in [0.5, 0.6) is 11.5 Å². The summed E-state index contributed by atoms with van der Waals surface area (Å²) in [6.45, 7) is 2.09. The lowest BCUT2D eigenvalue weighted by molar-refractivity contribution is -0.173. The van der Waals surface area contributed by atoms with Gasteiger partial charge in [0, 0.05) is 41.0 Å². The van der Waals surface area contributed by atoms with Crippen LogP contribution < -0.4 is 4.74 Å². The van der Waals surface area contributed by atoms with Crippen LogP contribution in [0, 0.1) is 5.92 Å². The van der Waals surface area contributed by atoms with Gasteiger partial charge in [-0.15, -0.1) is 12.4 Å². The lowest BCUT2D eigenvalue weighted by Gasteiger charge is -2.62. The minimum Gasteiger partial charge on any atom is -0.508 e. The standard InChI is InChI=1S/C32H30N2O3.ClH/c35-21-5-3-4-19(14-21)22-11-10-20-15-26-32(36)16-24-23-6-1-2-7-25(23)33-28(24)30-31(32,27(20)29(22)37-30)12-13-34(26)17-18-8-9-18;/h1-7,10-11,14,18,26,30,33,35-36H,8-9,12-13,15-17H2;1H/t26-,30+,31+,32-;/m1./s1. The third kappa shape index (κ3) is 2.70. The van der Waals surface area contributed by atoms with Gasteiger partial charge in [-0.3, -0.25) is 4.90 Å². The summed E-state index contributed by atoms with van der Waals surface area (Å²) in [5.74, 6) is 1.93. The van der Waals surface area contributed by atoms with Gasteiger partial charge in [0.05, 0.1) is 16.7 Å². The molecule has 2 bridgehead atoms. The Balaban J connectivity index is 0.00000225. The predicted molar refractivity (Wildman–Crippen MR) is 149 cm³/mol. The van der Waals surface area contributed by atoms with Crippen molar-refractivity contribution in [1.82, 2.24) is 9.88 Å². The quantitative estimate of drug-likeness (QED) is 0.322. The Morgan fingerprint density at radius 1 is 1.05 bits per heavy atom. The number of ether oxygens (including phenoxy) is 1. The molecule has 0 amide bonds. The van der Waals surface area contributed by atoms with Crippen LogP contribution in [0.2, 0.25) is 0 Å². The third-order valence-electron chi connectivity index (χ3n) is 10.2. The van der Waals surface area contributed by atoms with Crippen molar-refractivity contribution in [1.29, 1.82) is 0 Å². The topological polar surface area (TPSA) is 68.7 Å². The van der Waals surface area contributed by atoms with Gasteiger partial charge >= 0.3 is 0 Å². The van der Waals surface area contributed by atoms with Gasteiger partial charge in [0.2, 0.25) is 0 Å². The Morgan fingerprint density at radius 2 is 1.92 bits per heavy atom. The maximum atomic E-state index is 13.1. The highest BCUT2D eigenvalue weighted by Crippen LogP contribution is 2.69. The molecule has 3 aliphatic carbocycles. The number of aliphatic hydroxyl groups is 1. The second-order valence-corrected chi connectivity index (χ2v) is 12.1. The number of halogens is 1. The predicted octanol–water partition coefficient (Wildman–Crippen LogP) is 5.66. The summed E-state index contributed by atoms with van der Waals surface area (Å²) in [7, 11) is 0. The molecule has 1 aromatic heterocycles. The van der Waals surface area contributed by atoms with E-state index in [1.165, 1.54) is 34.9 Å². The van der Waals surface area contributed by atoms with Gasteiger partial charge < -0.3 is 19.9 Å². The van der Waals surface area contributed by atoms with E-state index in [0.717, 1.165) is 59.9 Å². The summed E-state index contributed by atoms with van der Waals surface area (Å²) >= 11 is 0. The maximum absolute atomic E-state index is 13.1. The minimum absolute atomic E-state index is 0. The number of aromatic hydroxyl groups is 1. The van der Waals surface area contributed by atoms with E-state index in [9.17, 15) is 10.2 Å². The normalized spacial score (nSPS) is 30.3. The molecule has 3 aromatic carbocycles. The van der Waals surface area contributed by atoms with Crippen molar-refractivity contribution in [3.63, 3.8) is 0 Å². The summed E-state index contributed by atoms with van der Waals surface area (Å²) in [6.07, 6.45) is 4.76. The number of likely N-dealkylation sites (tertiary alicyclic amines) is 1. The number of nitrogens with zero attached hydrogens (tertiary/aromatic N) is 1. The zero-order valence-electron chi connectivity index (χ0n) is 21.1. The Labute approximate surface area is 227 Å². The third-order valence-corrected chi connectivity index (χ3v) is 10.2. The van der Waals surface area contributed by atoms with E-state index in [0.29, 0.717) is 6.42 Å².